The normalized spacial score (nSPS) is 28.0. The Labute approximate surface area is 136 Å². The molecule has 120 valence electrons. The van der Waals surface area contributed by atoms with Crippen LogP contribution in [0, 0.1) is 6.92 Å². The Morgan fingerprint density at radius 1 is 1.27 bits per heavy atom. The second-order valence-electron chi connectivity index (χ2n) is 7.02. The maximum absolute atomic E-state index is 12.4. The van der Waals surface area contributed by atoms with Crippen molar-refractivity contribution in [3.8, 4) is 0 Å². The van der Waals surface area contributed by atoms with Crippen molar-refractivity contribution >= 4 is 17.2 Å². The van der Waals surface area contributed by atoms with Gasteiger partial charge < -0.3 is 9.64 Å². The van der Waals surface area contributed by atoms with Gasteiger partial charge in [-0.2, -0.15) is 0 Å². The Balaban J connectivity index is 1.34. The van der Waals surface area contributed by atoms with Crippen molar-refractivity contribution < 1.29 is 9.53 Å². The molecule has 3 aliphatic rings. The van der Waals surface area contributed by atoms with Crippen LogP contribution in [-0.2, 0) is 4.74 Å². The van der Waals surface area contributed by atoms with Crippen LogP contribution in [0.3, 0.4) is 0 Å². The van der Waals surface area contributed by atoms with Crippen LogP contribution >= 0.6 is 11.3 Å². The summed E-state index contributed by atoms with van der Waals surface area (Å²) >= 11 is 1.59. The zero-order valence-corrected chi connectivity index (χ0v) is 14.0. The van der Waals surface area contributed by atoms with Gasteiger partial charge in [0.15, 0.2) is 0 Å². The third-order valence-corrected chi connectivity index (χ3v) is 6.28. The number of aryl methyl sites for hydroxylation is 1. The molecular formula is C17H24N2O2S. The Kier molecular flexibility index (Phi) is 3.75. The van der Waals surface area contributed by atoms with Gasteiger partial charge in [0.25, 0.3) is 5.91 Å². The van der Waals surface area contributed by atoms with Crippen LogP contribution in [0.15, 0.2) is 12.1 Å². The Morgan fingerprint density at radius 2 is 2.05 bits per heavy atom. The van der Waals surface area contributed by atoms with Gasteiger partial charge in [0.1, 0.15) is 5.60 Å². The summed E-state index contributed by atoms with van der Waals surface area (Å²) in [5, 5.41) is 0. The number of ether oxygens (including phenoxy) is 1. The molecule has 4 nitrogen and oxygen atoms in total. The molecule has 22 heavy (non-hydrogen) atoms. The lowest BCUT2D eigenvalue weighted by atomic mass is 9.88. The maximum Gasteiger partial charge on any atom is 0.264 e. The first-order chi connectivity index (χ1) is 10.7. The summed E-state index contributed by atoms with van der Waals surface area (Å²) in [7, 11) is 0. The second kappa shape index (κ2) is 5.62. The largest absolute Gasteiger partial charge is 0.370 e. The molecular weight excluding hydrogens is 296 g/mol. The maximum atomic E-state index is 12.4. The number of nitrogens with zero attached hydrogens (tertiary/aromatic N) is 2. The summed E-state index contributed by atoms with van der Waals surface area (Å²) in [6.45, 7) is 6.88. The van der Waals surface area contributed by atoms with Gasteiger partial charge in [-0.1, -0.05) is 6.42 Å². The van der Waals surface area contributed by atoms with E-state index in [2.05, 4.69) is 4.90 Å². The topological polar surface area (TPSA) is 32.8 Å². The Morgan fingerprint density at radius 3 is 2.73 bits per heavy atom. The monoisotopic (exact) mass is 320 g/mol. The number of piperidine rings is 1. The molecule has 3 fully saturated rings. The molecule has 0 N–H and O–H groups in total. The van der Waals surface area contributed by atoms with Crippen LogP contribution in [0.1, 0.15) is 40.2 Å². The first-order valence-electron chi connectivity index (χ1n) is 8.39. The van der Waals surface area contributed by atoms with Crippen molar-refractivity contribution in [2.24, 2.45) is 0 Å². The van der Waals surface area contributed by atoms with E-state index in [4.69, 9.17) is 4.74 Å². The molecule has 1 spiro atoms. The van der Waals surface area contributed by atoms with E-state index in [1.54, 1.807) is 11.3 Å². The number of amides is 1. The highest BCUT2D eigenvalue weighted by Crippen LogP contribution is 2.38. The van der Waals surface area contributed by atoms with E-state index in [-0.39, 0.29) is 11.5 Å². The molecule has 0 bridgehead atoms. The molecule has 4 rings (SSSR count). The number of rotatable bonds is 2. The summed E-state index contributed by atoms with van der Waals surface area (Å²) in [4.78, 5) is 19.0. The van der Waals surface area contributed by atoms with Crippen molar-refractivity contribution in [1.29, 1.82) is 0 Å². The van der Waals surface area contributed by atoms with Crippen LogP contribution in [0.2, 0.25) is 0 Å². The zero-order valence-electron chi connectivity index (χ0n) is 13.2. The van der Waals surface area contributed by atoms with E-state index in [0.29, 0.717) is 6.04 Å². The summed E-state index contributed by atoms with van der Waals surface area (Å²) in [5.74, 6) is 0.175. The van der Waals surface area contributed by atoms with Crippen LogP contribution < -0.4 is 0 Å². The molecule has 0 radical (unpaired) electrons. The molecule has 0 aromatic carbocycles. The van der Waals surface area contributed by atoms with Crippen LogP contribution in [0.4, 0.5) is 0 Å². The first-order valence-corrected chi connectivity index (χ1v) is 9.21. The van der Waals surface area contributed by atoms with Gasteiger partial charge in [0, 0.05) is 10.9 Å². The molecule has 0 saturated carbocycles. The van der Waals surface area contributed by atoms with Crippen molar-refractivity contribution in [1.82, 2.24) is 9.80 Å². The summed E-state index contributed by atoms with van der Waals surface area (Å²) in [5.41, 5.74) is -0.0515. The second-order valence-corrected chi connectivity index (χ2v) is 8.31. The van der Waals surface area contributed by atoms with Gasteiger partial charge in [-0.25, -0.2) is 0 Å². The number of carbonyl (C=O) groups excluding carboxylic acids is 1. The van der Waals surface area contributed by atoms with Gasteiger partial charge in [-0.05, 0) is 51.4 Å². The molecule has 4 heterocycles. The molecule has 1 amide bonds. The smallest absolute Gasteiger partial charge is 0.264 e. The molecule has 3 aliphatic heterocycles. The van der Waals surface area contributed by atoms with Crippen LogP contribution in [0.25, 0.3) is 0 Å². The first kappa shape index (κ1) is 14.7. The number of hydrogen-bond donors (Lipinski definition) is 0. The number of thiophene rings is 1. The Hall–Kier alpha value is -0.910. The SMILES string of the molecule is Cc1ccc(C(=O)N2CC3(CC(N4CCCCC4)CO3)C2)s1. The number of hydrogen-bond acceptors (Lipinski definition) is 4. The average Bonchev–Trinajstić information content (AvgIpc) is 3.12. The predicted molar refractivity (Wildman–Crippen MR) is 87.5 cm³/mol. The quantitative estimate of drug-likeness (QED) is 0.839. The van der Waals surface area contributed by atoms with Gasteiger partial charge >= 0.3 is 0 Å². The lowest BCUT2D eigenvalue weighted by Crippen LogP contribution is -2.63. The van der Waals surface area contributed by atoms with Gasteiger partial charge in [0.05, 0.1) is 24.6 Å². The highest BCUT2D eigenvalue weighted by molar-refractivity contribution is 7.13. The minimum Gasteiger partial charge on any atom is -0.370 e. The van der Waals surface area contributed by atoms with E-state index < -0.39 is 0 Å². The highest BCUT2D eigenvalue weighted by Gasteiger charge is 2.52. The molecule has 3 saturated heterocycles. The third-order valence-electron chi connectivity index (χ3n) is 5.29. The number of likely N-dealkylation sites (tertiary alicyclic amines) is 2. The number of carbonyl (C=O) groups is 1. The fourth-order valence-corrected chi connectivity index (χ4v) is 4.89. The van der Waals surface area contributed by atoms with Crippen molar-refractivity contribution in [3.63, 3.8) is 0 Å². The minimum atomic E-state index is -0.0515. The van der Waals surface area contributed by atoms with E-state index in [9.17, 15) is 4.79 Å². The van der Waals surface area contributed by atoms with Crippen molar-refractivity contribution in [2.75, 3.05) is 32.8 Å². The third kappa shape index (κ3) is 2.59. The fraction of sp³-hybridized carbons (Fsp3) is 0.706. The average molecular weight is 320 g/mol. The van der Waals surface area contributed by atoms with Crippen LogP contribution in [-0.4, -0.2) is 60.1 Å². The molecule has 5 heteroatoms. The summed E-state index contributed by atoms with van der Waals surface area (Å²) in [6.07, 6.45) is 5.12. The van der Waals surface area contributed by atoms with E-state index in [1.165, 1.54) is 37.2 Å². The van der Waals surface area contributed by atoms with Crippen molar-refractivity contribution in [2.45, 2.75) is 44.2 Å². The molecule has 1 aromatic heterocycles. The Bertz CT molecular complexity index is 559. The summed E-state index contributed by atoms with van der Waals surface area (Å²) < 4.78 is 6.13. The van der Waals surface area contributed by atoms with Gasteiger partial charge in [-0.15, -0.1) is 11.3 Å². The van der Waals surface area contributed by atoms with Gasteiger partial charge in [0.2, 0.25) is 0 Å². The lowest BCUT2D eigenvalue weighted by molar-refractivity contribution is -0.0949. The lowest BCUT2D eigenvalue weighted by Gasteiger charge is -2.47. The van der Waals surface area contributed by atoms with Gasteiger partial charge in [-0.3, -0.25) is 9.69 Å². The van der Waals surface area contributed by atoms with Crippen LogP contribution in [0.5, 0.6) is 0 Å². The van der Waals surface area contributed by atoms with E-state index >= 15 is 0 Å². The van der Waals surface area contributed by atoms with E-state index in [0.717, 1.165) is 31.0 Å². The van der Waals surface area contributed by atoms with E-state index in [1.807, 2.05) is 24.0 Å². The highest BCUT2D eigenvalue weighted by atomic mass is 32.1. The standard InChI is InChI=1S/C17H24N2O2S/c1-13-5-6-15(22-13)16(20)19-11-17(12-19)9-14(10-21-17)18-7-3-2-4-8-18/h5-6,14H,2-4,7-12H2,1H3. The molecule has 1 unspecified atom stereocenters. The predicted octanol–water partition coefficient (Wildman–Crippen LogP) is 2.53. The molecule has 1 atom stereocenters. The zero-order chi connectivity index (χ0) is 15.2. The van der Waals surface area contributed by atoms with Crippen molar-refractivity contribution in [3.05, 3.63) is 21.9 Å². The fourth-order valence-electron chi connectivity index (χ4n) is 4.06. The summed E-state index contributed by atoms with van der Waals surface area (Å²) in [6, 6.07) is 4.53. The molecule has 0 aliphatic carbocycles. The minimum absolute atomic E-state index is 0.0515. The molecule has 1 aromatic rings.